The Morgan fingerprint density at radius 2 is 2.10 bits per heavy atom. The molecular formula is C13H16F3N3O. The molecule has 0 aliphatic carbocycles. The van der Waals surface area contributed by atoms with E-state index in [0.29, 0.717) is 24.3 Å². The third-order valence-corrected chi connectivity index (χ3v) is 3.05. The highest BCUT2D eigenvalue weighted by Crippen LogP contribution is 2.32. The van der Waals surface area contributed by atoms with Crippen LogP contribution < -0.4 is 5.73 Å². The Labute approximate surface area is 114 Å². The maximum absolute atomic E-state index is 12.7. The summed E-state index contributed by atoms with van der Waals surface area (Å²) in [4.78, 5) is 4.20. The van der Waals surface area contributed by atoms with E-state index in [4.69, 9.17) is 10.8 Å². The minimum atomic E-state index is -4.39. The SMILES string of the molecule is CC(N)c1nc2cc(C(F)(F)F)ccc2n1CCCO. The smallest absolute Gasteiger partial charge is 0.396 e. The third-order valence-electron chi connectivity index (χ3n) is 3.05. The summed E-state index contributed by atoms with van der Waals surface area (Å²) in [5.74, 6) is 0.521. The van der Waals surface area contributed by atoms with Crippen LogP contribution in [0.2, 0.25) is 0 Å². The zero-order valence-corrected chi connectivity index (χ0v) is 11.0. The van der Waals surface area contributed by atoms with Crippen LogP contribution in [0.1, 0.15) is 30.8 Å². The molecule has 0 spiro atoms. The van der Waals surface area contributed by atoms with Crippen molar-refractivity contribution in [2.45, 2.75) is 32.1 Å². The second kappa shape index (κ2) is 5.41. The van der Waals surface area contributed by atoms with Crippen molar-refractivity contribution in [1.29, 1.82) is 0 Å². The number of aliphatic hydroxyl groups is 1. The molecule has 110 valence electrons. The summed E-state index contributed by atoms with van der Waals surface area (Å²) < 4.78 is 39.8. The lowest BCUT2D eigenvalue weighted by Crippen LogP contribution is -2.14. The van der Waals surface area contributed by atoms with Crippen LogP contribution in [0, 0.1) is 0 Å². The van der Waals surface area contributed by atoms with Crippen LogP contribution in [0.4, 0.5) is 13.2 Å². The highest BCUT2D eigenvalue weighted by atomic mass is 19.4. The summed E-state index contributed by atoms with van der Waals surface area (Å²) in [5, 5.41) is 8.90. The van der Waals surface area contributed by atoms with Gasteiger partial charge in [-0.2, -0.15) is 13.2 Å². The van der Waals surface area contributed by atoms with Crippen LogP contribution in [0.3, 0.4) is 0 Å². The molecule has 2 rings (SSSR count). The first-order valence-corrected chi connectivity index (χ1v) is 6.28. The van der Waals surface area contributed by atoms with E-state index in [2.05, 4.69) is 4.98 Å². The van der Waals surface area contributed by atoms with Gasteiger partial charge in [0.25, 0.3) is 0 Å². The molecule has 0 aliphatic rings. The average molecular weight is 287 g/mol. The van der Waals surface area contributed by atoms with E-state index < -0.39 is 17.8 Å². The largest absolute Gasteiger partial charge is 0.416 e. The van der Waals surface area contributed by atoms with E-state index in [1.54, 1.807) is 11.5 Å². The van der Waals surface area contributed by atoms with Crippen molar-refractivity contribution in [1.82, 2.24) is 9.55 Å². The number of fused-ring (bicyclic) bond motifs is 1. The van der Waals surface area contributed by atoms with Gasteiger partial charge in [0.15, 0.2) is 0 Å². The minimum absolute atomic E-state index is 0.00129. The van der Waals surface area contributed by atoms with E-state index >= 15 is 0 Å². The second-order valence-electron chi connectivity index (χ2n) is 4.69. The summed E-state index contributed by atoms with van der Waals surface area (Å²) in [6.45, 7) is 2.19. The normalized spacial score (nSPS) is 13.9. The summed E-state index contributed by atoms with van der Waals surface area (Å²) in [5.41, 5.74) is 5.94. The van der Waals surface area contributed by atoms with Gasteiger partial charge in [-0.3, -0.25) is 0 Å². The monoisotopic (exact) mass is 287 g/mol. The van der Waals surface area contributed by atoms with Crippen molar-refractivity contribution in [3.8, 4) is 0 Å². The Bertz CT molecular complexity index is 605. The standard InChI is InChI=1S/C13H16F3N3O/c1-8(17)12-18-10-7-9(13(14,15)16)3-4-11(10)19(12)5-2-6-20/h3-4,7-8,20H,2,5-6,17H2,1H3. The highest BCUT2D eigenvalue weighted by Gasteiger charge is 2.31. The van der Waals surface area contributed by atoms with Gasteiger partial charge in [-0.05, 0) is 31.5 Å². The van der Waals surface area contributed by atoms with E-state index in [1.807, 2.05) is 0 Å². The van der Waals surface area contributed by atoms with Crippen molar-refractivity contribution in [2.24, 2.45) is 5.73 Å². The number of nitrogens with two attached hydrogens (primary N) is 1. The first-order valence-electron chi connectivity index (χ1n) is 6.28. The number of halogens is 3. The highest BCUT2D eigenvalue weighted by molar-refractivity contribution is 5.77. The lowest BCUT2D eigenvalue weighted by atomic mass is 10.2. The van der Waals surface area contributed by atoms with Crippen LogP contribution in [0.15, 0.2) is 18.2 Å². The Hall–Kier alpha value is -1.60. The lowest BCUT2D eigenvalue weighted by molar-refractivity contribution is -0.137. The zero-order chi connectivity index (χ0) is 14.9. The van der Waals surface area contributed by atoms with Gasteiger partial charge in [0.1, 0.15) is 5.82 Å². The maximum atomic E-state index is 12.7. The Kier molecular flexibility index (Phi) is 4.01. The average Bonchev–Trinajstić information content (AvgIpc) is 2.73. The Morgan fingerprint density at radius 1 is 1.40 bits per heavy atom. The van der Waals surface area contributed by atoms with E-state index in [-0.39, 0.29) is 12.1 Å². The molecule has 4 nitrogen and oxygen atoms in total. The van der Waals surface area contributed by atoms with Crippen molar-refractivity contribution >= 4 is 11.0 Å². The Morgan fingerprint density at radius 3 is 2.65 bits per heavy atom. The molecule has 3 N–H and O–H groups in total. The maximum Gasteiger partial charge on any atom is 0.416 e. The molecule has 1 unspecified atom stereocenters. The number of imidazole rings is 1. The second-order valence-corrected chi connectivity index (χ2v) is 4.69. The van der Waals surface area contributed by atoms with Crippen LogP contribution >= 0.6 is 0 Å². The molecule has 0 saturated heterocycles. The molecule has 0 aliphatic heterocycles. The fraction of sp³-hybridized carbons (Fsp3) is 0.462. The number of aromatic nitrogens is 2. The summed E-state index contributed by atoms with van der Waals surface area (Å²) >= 11 is 0. The van der Waals surface area contributed by atoms with Gasteiger partial charge in [0.2, 0.25) is 0 Å². The van der Waals surface area contributed by atoms with E-state index in [0.717, 1.165) is 12.1 Å². The number of benzene rings is 1. The van der Waals surface area contributed by atoms with Gasteiger partial charge in [-0.15, -0.1) is 0 Å². The fourth-order valence-electron chi connectivity index (χ4n) is 2.14. The molecule has 0 radical (unpaired) electrons. The minimum Gasteiger partial charge on any atom is -0.396 e. The number of rotatable bonds is 4. The van der Waals surface area contributed by atoms with Crippen LogP contribution in [0.5, 0.6) is 0 Å². The Balaban J connectivity index is 2.55. The summed E-state index contributed by atoms with van der Waals surface area (Å²) in [7, 11) is 0. The molecule has 0 bridgehead atoms. The van der Waals surface area contributed by atoms with Gasteiger partial charge >= 0.3 is 6.18 Å². The molecule has 1 atom stereocenters. The first kappa shape index (κ1) is 14.8. The molecule has 1 aromatic heterocycles. The number of alkyl halides is 3. The zero-order valence-electron chi connectivity index (χ0n) is 11.0. The third kappa shape index (κ3) is 2.78. The predicted octanol–water partition coefficient (Wildman–Crippen LogP) is 2.46. The molecule has 0 saturated carbocycles. The quantitative estimate of drug-likeness (QED) is 0.908. The van der Waals surface area contributed by atoms with Crippen LogP contribution in [-0.4, -0.2) is 21.3 Å². The van der Waals surface area contributed by atoms with E-state index in [9.17, 15) is 13.2 Å². The van der Waals surface area contributed by atoms with Crippen LogP contribution in [0.25, 0.3) is 11.0 Å². The fourth-order valence-corrected chi connectivity index (χ4v) is 2.14. The number of nitrogens with zero attached hydrogens (tertiary/aromatic N) is 2. The number of aliphatic hydroxyl groups excluding tert-OH is 1. The van der Waals surface area contributed by atoms with Crippen molar-refractivity contribution in [3.63, 3.8) is 0 Å². The molecule has 0 fully saturated rings. The van der Waals surface area contributed by atoms with E-state index in [1.165, 1.54) is 6.07 Å². The molecule has 20 heavy (non-hydrogen) atoms. The topological polar surface area (TPSA) is 64.1 Å². The number of hydrogen-bond donors (Lipinski definition) is 2. The molecule has 2 aromatic rings. The van der Waals surface area contributed by atoms with Gasteiger partial charge in [-0.1, -0.05) is 0 Å². The number of aryl methyl sites for hydroxylation is 1. The first-order chi connectivity index (χ1) is 9.34. The van der Waals surface area contributed by atoms with Gasteiger partial charge in [-0.25, -0.2) is 4.98 Å². The molecular weight excluding hydrogens is 271 g/mol. The molecule has 0 amide bonds. The van der Waals surface area contributed by atoms with Gasteiger partial charge < -0.3 is 15.4 Å². The molecule has 1 aromatic carbocycles. The van der Waals surface area contributed by atoms with Crippen molar-refractivity contribution in [3.05, 3.63) is 29.6 Å². The van der Waals surface area contributed by atoms with Crippen molar-refractivity contribution in [2.75, 3.05) is 6.61 Å². The van der Waals surface area contributed by atoms with Crippen molar-refractivity contribution < 1.29 is 18.3 Å². The lowest BCUT2D eigenvalue weighted by Gasteiger charge is -2.11. The molecule has 1 heterocycles. The molecule has 7 heteroatoms. The van der Waals surface area contributed by atoms with Gasteiger partial charge in [0.05, 0.1) is 22.6 Å². The van der Waals surface area contributed by atoms with Gasteiger partial charge in [0, 0.05) is 13.2 Å². The number of hydrogen-bond acceptors (Lipinski definition) is 3. The predicted molar refractivity (Wildman–Crippen MR) is 69.0 cm³/mol. The summed E-state index contributed by atoms with van der Waals surface area (Å²) in [6, 6.07) is 3.06. The van der Waals surface area contributed by atoms with Crippen LogP contribution in [-0.2, 0) is 12.7 Å². The summed E-state index contributed by atoms with van der Waals surface area (Å²) in [6.07, 6.45) is -3.90.